The van der Waals surface area contributed by atoms with Crippen LogP contribution in [0.25, 0.3) is 10.8 Å². The lowest BCUT2D eigenvalue weighted by Crippen LogP contribution is -2.70. The van der Waals surface area contributed by atoms with Crippen LogP contribution in [0.15, 0.2) is 6.07 Å². The summed E-state index contributed by atoms with van der Waals surface area (Å²) in [6, 6.07) is 1.92. The first kappa shape index (κ1) is 36.9. The van der Waals surface area contributed by atoms with E-state index in [0.29, 0.717) is 52.7 Å². The van der Waals surface area contributed by atoms with Crippen LogP contribution in [-0.2, 0) is 44.3 Å². The molecule has 1 spiro atoms. The molecule has 0 amide bonds. The number of phenols is 1. The Hall–Kier alpha value is -2.67. The van der Waals surface area contributed by atoms with Gasteiger partial charge in [-0.2, -0.15) is 0 Å². The van der Waals surface area contributed by atoms with E-state index in [-0.39, 0.29) is 36.5 Å². The molecule has 2 bridgehead atoms. The van der Waals surface area contributed by atoms with E-state index >= 15 is 0 Å². The number of methoxy groups -OCH3 is 2. The maximum atomic E-state index is 13.2. The summed E-state index contributed by atoms with van der Waals surface area (Å²) in [7, 11) is 3.07. The summed E-state index contributed by atoms with van der Waals surface area (Å²) >= 11 is 0. The molecule has 6 aliphatic heterocycles. The number of epoxide rings is 1. The van der Waals surface area contributed by atoms with Crippen molar-refractivity contribution < 1.29 is 72.6 Å². The Morgan fingerprint density at radius 2 is 1.70 bits per heavy atom. The van der Waals surface area contributed by atoms with Crippen LogP contribution in [-0.4, -0.2) is 125 Å². The van der Waals surface area contributed by atoms with Gasteiger partial charge in [0.2, 0.25) is 11.4 Å². The van der Waals surface area contributed by atoms with Crippen LogP contribution in [0.5, 0.6) is 17.2 Å². The van der Waals surface area contributed by atoms with Crippen LogP contribution in [0, 0.1) is 6.92 Å². The number of ketones is 1. The maximum absolute atomic E-state index is 13.2. The molecule has 0 saturated carbocycles. The molecule has 54 heavy (non-hydrogen) atoms. The molecule has 1 aliphatic carbocycles. The van der Waals surface area contributed by atoms with E-state index in [1.165, 1.54) is 14.0 Å². The van der Waals surface area contributed by atoms with E-state index in [0.717, 1.165) is 5.56 Å². The first-order valence-corrected chi connectivity index (χ1v) is 18.9. The Labute approximate surface area is 312 Å². The Balaban J connectivity index is 1.02. The summed E-state index contributed by atoms with van der Waals surface area (Å²) in [6.07, 6.45) is -5.91. The number of Topliss-reactive ketones (excluding diaryl/α,β-unsaturated/α-hetero) is 1. The molecule has 0 aromatic heterocycles. The van der Waals surface area contributed by atoms with Gasteiger partial charge < -0.3 is 67.8 Å². The van der Waals surface area contributed by atoms with Crippen molar-refractivity contribution in [3.63, 3.8) is 0 Å². The number of carbonyl (C=O) groups excluding carboxylic acids is 1. The number of rotatable bonds is 7. The summed E-state index contributed by atoms with van der Waals surface area (Å²) < 4.78 is 63.9. The third-order valence-electron chi connectivity index (χ3n) is 13.0. The summed E-state index contributed by atoms with van der Waals surface area (Å²) in [5.74, 6) is -2.55. The fourth-order valence-corrected chi connectivity index (χ4v) is 10.4. The smallest absolute Gasteiger partial charge is 0.276 e. The van der Waals surface area contributed by atoms with Crippen molar-refractivity contribution in [3.05, 3.63) is 28.3 Å². The van der Waals surface area contributed by atoms with Crippen molar-refractivity contribution >= 4 is 16.6 Å². The molecule has 6 heterocycles. The Bertz CT molecular complexity index is 1910. The van der Waals surface area contributed by atoms with Crippen LogP contribution in [0.3, 0.4) is 0 Å². The number of carbonyl (C=O) groups is 1. The van der Waals surface area contributed by atoms with Crippen LogP contribution < -0.4 is 9.47 Å². The number of aromatic hydroxyl groups is 1. The van der Waals surface area contributed by atoms with Crippen LogP contribution >= 0.6 is 0 Å². The lowest BCUT2D eigenvalue weighted by atomic mass is 9.77. The molecule has 2 aromatic rings. The fourth-order valence-electron chi connectivity index (χ4n) is 10.4. The minimum atomic E-state index is -1.53. The Kier molecular flexibility index (Phi) is 8.16. The van der Waals surface area contributed by atoms with Crippen LogP contribution in [0.2, 0.25) is 0 Å². The normalized spacial score (nSPS) is 45.3. The van der Waals surface area contributed by atoms with Gasteiger partial charge in [-0.25, -0.2) is 0 Å². The second kappa shape index (κ2) is 11.9. The highest BCUT2D eigenvalue weighted by atomic mass is 16.9. The molecule has 2 aromatic carbocycles. The van der Waals surface area contributed by atoms with Gasteiger partial charge in [-0.05, 0) is 66.0 Å². The summed E-state index contributed by atoms with van der Waals surface area (Å²) in [6.45, 7) is 10.4. The van der Waals surface area contributed by atoms with Crippen molar-refractivity contribution in [1.82, 2.24) is 0 Å². The molecular weight excluding hydrogens is 708 g/mol. The Morgan fingerprint density at radius 1 is 1.00 bits per heavy atom. The first-order valence-electron chi connectivity index (χ1n) is 18.9. The number of fused-ring (bicyclic) bond motifs is 8. The van der Waals surface area contributed by atoms with Crippen molar-refractivity contribution in [3.8, 4) is 17.2 Å². The third-order valence-corrected chi connectivity index (χ3v) is 13.0. The highest BCUT2D eigenvalue weighted by Gasteiger charge is 2.92. The van der Waals surface area contributed by atoms with E-state index < -0.39 is 83.7 Å². The summed E-state index contributed by atoms with van der Waals surface area (Å²) in [4.78, 5) is 13.2. The van der Waals surface area contributed by atoms with Gasteiger partial charge in [0.15, 0.2) is 24.5 Å². The number of aliphatic hydroxyl groups is 3. The van der Waals surface area contributed by atoms with Crippen molar-refractivity contribution in [2.45, 2.75) is 157 Å². The number of aliphatic hydroxyl groups excluding tert-OH is 1. The van der Waals surface area contributed by atoms with Gasteiger partial charge in [-0.1, -0.05) is 0 Å². The molecule has 5 saturated heterocycles. The zero-order chi connectivity index (χ0) is 38.5. The number of benzene rings is 2. The van der Waals surface area contributed by atoms with E-state index in [1.807, 2.05) is 13.0 Å². The standard InChI is InChI=1S/C39H50O15/c1-16-12-21-27(28(41)26-20(29(21)45-7)10-9-11-22(26)40)30-25(16)31-34-39(46-8,52-30)37(15-47-37)38(53-31,54-34)19(4)50-23-14-36(6,44)33(18(3)49-23)51-24-13-35(5,43)32(42)17(2)48-24/h12,17-19,23-24,31-34,41-44H,9-11,13-15H2,1-8H3/t17?,18?,19?,23?,24?,31?,32?,33?,34?,35?,36?,37?,38-,39?/m1/s1. The molecule has 14 atom stereocenters. The number of aryl methyl sites for hydroxylation is 1. The van der Waals surface area contributed by atoms with E-state index in [1.54, 1.807) is 34.8 Å². The van der Waals surface area contributed by atoms with Gasteiger partial charge >= 0.3 is 0 Å². The van der Waals surface area contributed by atoms with Crippen LogP contribution in [0.4, 0.5) is 0 Å². The van der Waals surface area contributed by atoms with Gasteiger partial charge in [0, 0.05) is 42.9 Å². The predicted molar refractivity (Wildman–Crippen MR) is 185 cm³/mol. The average Bonchev–Trinajstić information content (AvgIpc) is 3.75. The minimum Gasteiger partial charge on any atom is -0.506 e. The first-order chi connectivity index (χ1) is 25.5. The van der Waals surface area contributed by atoms with Crippen molar-refractivity contribution in [1.29, 1.82) is 0 Å². The lowest BCUT2D eigenvalue weighted by Gasteiger charge is -2.50. The van der Waals surface area contributed by atoms with Gasteiger partial charge in [0.05, 0.1) is 48.1 Å². The number of phenolic OH excluding ortho intramolecular Hbond substituents is 1. The van der Waals surface area contributed by atoms with Gasteiger partial charge in [0.1, 0.15) is 41.7 Å². The highest BCUT2D eigenvalue weighted by molar-refractivity contribution is 6.11. The molecule has 15 nitrogen and oxygen atoms in total. The lowest BCUT2D eigenvalue weighted by molar-refractivity contribution is -0.360. The molecule has 296 valence electrons. The number of ether oxygens (including phenoxy) is 10. The number of hydrogen-bond acceptors (Lipinski definition) is 15. The molecule has 9 rings (SSSR count). The van der Waals surface area contributed by atoms with Gasteiger partial charge in [-0.15, -0.1) is 0 Å². The summed E-state index contributed by atoms with van der Waals surface area (Å²) in [5.41, 5.74) is -1.81. The molecule has 15 heteroatoms. The fraction of sp³-hybridized carbons (Fsp3) is 0.718. The highest BCUT2D eigenvalue weighted by Crippen LogP contribution is 2.72. The third kappa shape index (κ3) is 4.71. The second-order valence-corrected chi connectivity index (χ2v) is 16.6. The molecule has 13 unspecified atom stereocenters. The van der Waals surface area contributed by atoms with Crippen molar-refractivity contribution in [2.24, 2.45) is 0 Å². The second-order valence-electron chi connectivity index (χ2n) is 16.6. The molecule has 0 radical (unpaired) electrons. The maximum Gasteiger partial charge on any atom is 0.276 e. The zero-order valence-electron chi connectivity index (χ0n) is 31.8. The topological polar surface area (TPSA) is 194 Å². The summed E-state index contributed by atoms with van der Waals surface area (Å²) in [5, 5.41) is 45.6. The van der Waals surface area contributed by atoms with E-state index in [2.05, 4.69) is 0 Å². The van der Waals surface area contributed by atoms with Crippen LogP contribution in [0.1, 0.15) is 93.5 Å². The predicted octanol–water partition coefficient (Wildman–Crippen LogP) is 2.97. The Morgan fingerprint density at radius 3 is 2.35 bits per heavy atom. The van der Waals surface area contributed by atoms with Gasteiger partial charge in [-0.3, -0.25) is 4.79 Å². The molecular formula is C39H50O15. The molecule has 5 fully saturated rings. The zero-order valence-corrected chi connectivity index (χ0v) is 31.8. The quantitative estimate of drug-likeness (QED) is 0.301. The van der Waals surface area contributed by atoms with Crippen molar-refractivity contribution in [2.75, 3.05) is 20.8 Å². The molecule has 7 aliphatic rings. The monoisotopic (exact) mass is 758 g/mol. The van der Waals surface area contributed by atoms with E-state index in [4.69, 9.17) is 47.4 Å². The minimum absolute atomic E-state index is 0.00554. The molecule has 4 N–H and O–H groups in total. The van der Waals surface area contributed by atoms with Gasteiger partial charge in [0.25, 0.3) is 5.79 Å². The largest absolute Gasteiger partial charge is 0.506 e. The van der Waals surface area contributed by atoms with E-state index in [9.17, 15) is 25.2 Å². The average molecular weight is 759 g/mol. The number of hydrogen-bond donors (Lipinski definition) is 4. The SMILES string of the molecule is COc1c2c(c(O)c3c4c(c(C)cc13)C1O[C@]3(C(C)OC5CC(C)(O)C(OC6CC(C)(O)C(O)C(C)O6)C(C)O5)OC1C(OC)(O4)C31CO1)C(=O)CCC2.